The molecule has 2 aromatic carbocycles. The molecular weight excluding hydrogens is 321 g/mol. The number of halogens is 1. The van der Waals surface area contributed by atoms with Gasteiger partial charge in [0.05, 0.1) is 12.8 Å². The summed E-state index contributed by atoms with van der Waals surface area (Å²) in [6.07, 6.45) is 1.98. The Balaban J connectivity index is 1.76. The van der Waals surface area contributed by atoms with Gasteiger partial charge < -0.3 is 10.1 Å². The Bertz CT molecular complexity index is 917. The molecule has 4 rings (SSSR count). The van der Waals surface area contributed by atoms with Gasteiger partial charge in [-0.1, -0.05) is 12.1 Å². The third kappa shape index (κ3) is 2.76. The molecule has 0 bridgehead atoms. The number of anilines is 1. The fourth-order valence-corrected chi connectivity index (χ4v) is 3.12. The maximum atomic E-state index is 13.2. The molecule has 5 nitrogen and oxygen atoms in total. The van der Waals surface area contributed by atoms with Crippen LogP contribution in [0.25, 0.3) is 5.69 Å². The molecular formula is C19H16FN3O2. The van der Waals surface area contributed by atoms with E-state index >= 15 is 0 Å². The quantitative estimate of drug-likeness (QED) is 0.796. The van der Waals surface area contributed by atoms with Gasteiger partial charge in [-0.25, -0.2) is 9.37 Å². The molecule has 1 N–H and O–H groups in total. The van der Waals surface area contributed by atoms with Gasteiger partial charge in [0.1, 0.15) is 23.7 Å². The summed E-state index contributed by atoms with van der Waals surface area (Å²) in [5.74, 6) is 0.829. The molecule has 126 valence electrons. The molecule has 0 fully saturated rings. The van der Waals surface area contributed by atoms with E-state index < -0.39 is 0 Å². The summed E-state index contributed by atoms with van der Waals surface area (Å²) in [7, 11) is 1.61. The Morgan fingerprint density at radius 3 is 2.56 bits per heavy atom. The lowest BCUT2D eigenvalue weighted by Gasteiger charge is -2.23. The number of amides is 1. The average Bonchev–Trinajstić information content (AvgIpc) is 3.05. The Morgan fingerprint density at radius 2 is 1.88 bits per heavy atom. The van der Waals surface area contributed by atoms with Gasteiger partial charge in [-0.05, 0) is 42.0 Å². The second kappa shape index (κ2) is 6.05. The second-order valence-corrected chi connectivity index (χ2v) is 5.90. The van der Waals surface area contributed by atoms with Crippen LogP contribution in [0.15, 0.2) is 54.9 Å². The van der Waals surface area contributed by atoms with Crippen LogP contribution in [0.2, 0.25) is 0 Å². The number of rotatable bonds is 3. The molecule has 1 aliphatic rings. The van der Waals surface area contributed by atoms with Crippen LogP contribution in [-0.2, 0) is 4.79 Å². The highest BCUT2D eigenvalue weighted by Gasteiger charge is 2.30. The molecule has 25 heavy (non-hydrogen) atoms. The van der Waals surface area contributed by atoms with Crippen molar-refractivity contribution in [3.8, 4) is 11.4 Å². The van der Waals surface area contributed by atoms with E-state index in [1.165, 1.54) is 12.1 Å². The molecule has 0 unspecified atom stereocenters. The number of benzene rings is 2. The van der Waals surface area contributed by atoms with Crippen molar-refractivity contribution >= 4 is 11.7 Å². The van der Waals surface area contributed by atoms with Crippen molar-refractivity contribution in [2.45, 2.75) is 12.3 Å². The zero-order chi connectivity index (χ0) is 17.4. The van der Waals surface area contributed by atoms with Crippen LogP contribution >= 0.6 is 0 Å². The molecule has 1 amide bonds. The molecule has 6 heteroatoms. The number of nitrogens with zero attached hydrogens (tertiary/aromatic N) is 2. The van der Waals surface area contributed by atoms with Gasteiger partial charge in [-0.15, -0.1) is 0 Å². The Kier molecular flexibility index (Phi) is 3.72. The summed E-state index contributed by atoms with van der Waals surface area (Å²) >= 11 is 0. The maximum Gasteiger partial charge on any atom is 0.226 e. The number of imidazole rings is 1. The Labute approximate surface area is 144 Å². The van der Waals surface area contributed by atoms with Crippen LogP contribution in [0.4, 0.5) is 10.2 Å². The third-order valence-corrected chi connectivity index (χ3v) is 4.40. The van der Waals surface area contributed by atoms with E-state index in [1.54, 1.807) is 25.6 Å². The lowest BCUT2D eigenvalue weighted by molar-refractivity contribution is -0.116. The summed E-state index contributed by atoms with van der Waals surface area (Å²) in [5.41, 5.74) is 2.52. The second-order valence-electron chi connectivity index (χ2n) is 5.90. The number of ether oxygens (including phenoxy) is 1. The number of carbonyl (C=O) groups excluding carboxylic acids is 1. The average molecular weight is 337 g/mol. The van der Waals surface area contributed by atoms with Crippen LogP contribution in [0.1, 0.15) is 23.6 Å². The topological polar surface area (TPSA) is 56.1 Å². The first-order valence-corrected chi connectivity index (χ1v) is 7.92. The first-order valence-electron chi connectivity index (χ1n) is 7.92. The van der Waals surface area contributed by atoms with E-state index in [-0.39, 0.29) is 24.1 Å². The predicted octanol–water partition coefficient (Wildman–Crippen LogP) is 3.49. The van der Waals surface area contributed by atoms with E-state index in [0.29, 0.717) is 5.82 Å². The highest BCUT2D eigenvalue weighted by Crippen LogP contribution is 2.37. The van der Waals surface area contributed by atoms with E-state index in [1.807, 2.05) is 28.8 Å². The third-order valence-electron chi connectivity index (χ3n) is 4.40. The lowest BCUT2D eigenvalue weighted by atomic mass is 9.90. The van der Waals surface area contributed by atoms with Gasteiger partial charge >= 0.3 is 0 Å². The van der Waals surface area contributed by atoms with Crippen LogP contribution in [0.3, 0.4) is 0 Å². The summed E-state index contributed by atoms with van der Waals surface area (Å²) in [5, 5.41) is 2.90. The lowest BCUT2D eigenvalue weighted by Crippen LogP contribution is -2.24. The number of hydrogen-bond donors (Lipinski definition) is 1. The minimum atomic E-state index is -0.298. The van der Waals surface area contributed by atoms with Crippen LogP contribution in [-0.4, -0.2) is 22.6 Å². The van der Waals surface area contributed by atoms with Crippen molar-refractivity contribution in [3.63, 3.8) is 0 Å². The fourth-order valence-electron chi connectivity index (χ4n) is 3.12. The van der Waals surface area contributed by atoms with Gasteiger partial charge in [-0.2, -0.15) is 0 Å². The minimum absolute atomic E-state index is 0.0860. The van der Waals surface area contributed by atoms with Crippen LogP contribution in [0, 0.1) is 5.82 Å². The summed E-state index contributed by atoms with van der Waals surface area (Å²) in [4.78, 5) is 16.7. The van der Waals surface area contributed by atoms with Crippen molar-refractivity contribution in [3.05, 3.63) is 71.9 Å². The summed E-state index contributed by atoms with van der Waals surface area (Å²) in [6.45, 7) is 0. The number of aromatic nitrogens is 2. The van der Waals surface area contributed by atoms with Crippen molar-refractivity contribution in [1.29, 1.82) is 0 Å². The van der Waals surface area contributed by atoms with Gasteiger partial charge in [-0.3, -0.25) is 9.36 Å². The highest BCUT2D eigenvalue weighted by atomic mass is 19.1. The van der Waals surface area contributed by atoms with Gasteiger partial charge in [0.2, 0.25) is 5.91 Å². The smallest absolute Gasteiger partial charge is 0.226 e. The minimum Gasteiger partial charge on any atom is -0.497 e. The number of hydrogen-bond acceptors (Lipinski definition) is 3. The van der Waals surface area contributed by atoms with Crippen molar-refractivity contribution < 1.29 is 13.9 Å². The molecule has 2 heterocycles. The Hall–Kier alpha value is -3.15. The fraction of sp³-hybridized carbons (Fsp3) is 0.158. The standard InChI is InChI=1S/C19H16FN3O2/c1-25-15-8-6-14(7-9-15)23-11-21-18-16(10-17(24)22-19(18)23)12-2-4-13(20)5-3-12/h2-9,11,16H,10H2,1H3,(H,22,24)/t16-/m0/s1. The summed E-state index contributed by atoms with van der Waals surface area (Å²) < 4.78 is 20.2. The first-order chi connectivity index (χ1) is 12.2. The Morgan fingerprint density at radius 1 is 1.16 bits per heavy atom. The molecule has 1 aliphatic heterocycles. The van der Waals surface area contributed by atoms with Crippen LogP contribution < -0.4 is 10.1 Å². The number of nitrogens with one attached hydrogen (secondary N) is 1. The molecule has 1 aromatic heterocycles. The van der Waals surface area contributed by atoms with Gasteiger partial charge in [0.15, 0.2) is 0 Å². The molecule has 1 atom stereocenters. The van der Waals surface area contributed by atoms with Crippen molar-refractivity contribution in [2.75, 3.05) is 12.4 Å². The van der Waals surface area contributed by atoms with Crippen molar-refractivity contribution in [2.24, 2.45) is 0 Å². The first kappa shape index (κ1) is 15.4. The van der Waals surface area contributed by atoms with Gasteiger partial charge in [0, 0.05) is 18.0 Å². The van der Waals surface area contributed by atoms with E-state index in [9.17, 15) is 9.18 Å². The highest BCUT2D eigenvalue weighted by molar-refractivity contribution is 5.94. The van der Waals surface area contributed by atoms with E-state index in [2.05, 4.69) is 10.3 Å². The van der Waals surface area contributed by atoms with E-state index in [4.69, 9.17) is 4.74 Å². The maximum absolute atomic E-state index is 13.2. The molecule has 0 saturated heterocycles. The van der Waals surface area contributed by atoms with Crippen LogP contribution in [0.5, 0.6) is 5.75 Å². The molecule has 0 spiro atoms. The summed E-state index contributed by atoms with van der Waals surface area (Å²) in [6, 6.07) is 13.7. The molecule has 3 aromatic rings. The zero-order valence-corrected chi connectivity index (χ0v) is 13.6. The molecule has 0 aliphatic carbocycles. The monoisotopic (exact) mass is 337 g/mol. The predicted molar refractivity (Wildman–Crippen MR) is 91.6 cm³/mol. The largest absolute Gasteiger partial charge is 0.497 e. The zero-order valence-electron chi connectivity index (χ0n) is 13.6. The number of carbonyl (C=O) groups is 1. The van der Waals surface area contributed by atoms with Crippen molar-refractivity contribution in [1.82, 2.24) is 9.55 Å². The van der Waals surface area contributed by atoms with Gasteiger partial charge in [0.25, 0.3) is 0 Å². The van der Waals surface area contributed by atoms with E-state index in [0.717, 1.165) is 22.7 Å². The molecule has 0 saturated carbocycles. The SMILES string of the molecule is COc1ccc(-n2cnc3c2NC(=O)C[C@H]3c2ccc(F)cc2)cc1. The number of fused-ring (bicyclic) bond motifs is 1. The normalized spacial score (nSPS) is 16.2. The molecule has 0 radical (unpaired) electrons. The number of methoxy groups -OCH3 is 1.